The van der Waals surface area contributed by atoms with Gasteiger partial charge in [0.1, 0.15) is 5.69 Å². The van der Waals surface area contributed by atoms with Crippen molar-refractivity contribution in [3.8, 4) is 24.7 Å². The summed E-state index contributed by atoms with van der Waals surface area (Å²) in [4.78, 5) is 4.00. The van der Waals surface area contributed by atoms with Gasteiger partial charge >= 0.3 is 0 Å². The number of rotatable bonds is 2. The zero-order valence-corrected chi connectivity index (χ0v) is 13.8. The van der Waals surface area contributed by atoms with Crippen LogP contribution in [-0.2, 0) is 0 Å². The number of aromatic nitrogens is 1. The fourth-order valence-corrected chi connectivity index (χ4v) is 3.02. The van der Waals surface area contributed by atoms with Gasteiger partial charge in [-0.15, -0.1) is 18.0 Å². The van der Waals surface area contributed by atoms with Crippen molar-refractivity contribution in [1.82, 2.24) is 4.98 Å². The SMILES string of the molecule is C#Cc1cccc2c(/N=N/c3ccncc3)c3cccc(C#C)c3cc12. The third-order valence-electron chi connectivity index (χ3n) is 4.25. The largest absolute Gasteiger partial charge is 0.265 e. The number of terminal acetylenes is 2. The molecule has 0 saturated carbocycles. The Hall–Kier alpha value is -3.95. The van der Waals surface area contributed by atoms with Crippen molar-refractivity contribution in [2.75, 3.05) is 0 Å². The molecule has 0 bridgehead atoms. The highest BCUT2D eigenvalue weighted by Gasteiger charge is 2.11. The molecular weight excluding hydrogens is 318 g/mol. The summed E-state index contributed by atoms with van der Waals surface area (Å²) in [6, 6.07) is 17.3. The van der Waals surface area contributed by atoms with E-state index in [0.29, 0.717) is 0 Å². The molecule has 0 radical (unpaired) electrons. The normalized spacial score (nSPS) is 10.8. The Morgan fingerprint density at radius 1 is 0.692 bits per heavy atom. The lowest BCUT2D eigenvalue weighted by atomic mass is 9.95. The molecule has 3 nitrogen and oxygen atoms in total. The van der Waals surface area contributed by atoms with Crippen LogP contribution in [0.1, 0.15) is 11.1 Å². The lowest BCUT2D eigenvalue weighted by Crippen LogP contribution is -1.86. The maximum absolute atomic E-state index is 5.69. The van der Waals surface area contributed by atoms with Gasteiger partial charge < -0.3 is 0 Å². The molecule has 0 aliphatic heterocycles. The minimum absolute atomic E-state index is 0.728. The highest BCUT2D eigenvalue weighted by Crippen LogP contribution is 2.38. The van der Waals surface area contributed by atoms with Gasteiger partial charge in [-0.1, -0.05) is 36.1 Å². The highest BCUT2D eigenvalue weighted by atomic mass is 15.1. The smallest absolute Gasteiger partial charge is 0.101 e. The summed E-state index contributed by atoms with van der Waals surface area (Å²) < 4.78 is 0. The predicted octanol–water partition coefficient (Wildman–Crippen LogP) is 5.77. The summed E-state index contributed by atoms with van der Waals surface area (Å²) in [5.41, 5.74) is 3.09. The number of benzene rings is 3. The number of hydrogen-bond acceptors (Lipinski definition) is 3. The molecule has 1 aromatic heterocycles. The number of nitrogens with zero attached hydrogens (tertiary/aromatic N) is 3. The second-order valence-corrected chi connectivity index (χ2v) is 5.72. The molecule has 1 heterocycles. The maximum Gasteiger partial charge on any atom is 0.101 e. The van der Waals surface area contributed by atoms with E-state index < -0.39 is 0 Å². The monoisotopic (exact) mass is 331 g/mol. The van der Waals surface area contributed by atoms with E-state index >= 15 is 0 Å². The molecule has 0 saturated heterocycles. The van der Waals surface area contributed by atoms with Crippen molar-refractivity contribution < 1.29 is 0 Å². The van der Waals surface area contributed by atoms with Crippen LogP contribution in [0.3, 0.4) is 0 Å². The molecule has 0 N–H and O–H groups in total. The van der Waals surface area contributed by atoms with E-state index in [2.05, 4.69) is 27.1 Å². The van der Waals surface area contributed by atoms with Gasteiger partial charge in [0, 0.05) is 45.1 Å². The molecule has 3 aromatic carbocycles. The molecule has 120 valence electrons. The molecule has 0 unspecified atom stereocenters. The van der Waals surface area contributed by atoms with Gasteiger partial charge in [0.25, 0.3) is 0 Å². The quantitative estimate of drug-likeness (QED) is 0.261. The maximum atomic E-state index is 5.69. The number of pyridine rings is 1. The Labute approximate surface area is 151 Å². The van der Waals surface area contributed by atoms with Crippen molar-refractivity contribution in [3.63, 3.8) is 0 Å². The van der Waals surface area contributed by atoms with Gasteiger partial charge in [-0.3, -0.25) is 4.98 Å². The molecule has 4 rings (SSSR count). The van der Waals surface area contributed by atoms with E-state index in [1.165, 1.54) is 0 Å². The fourth-order valence-electron chi connectivity index (χ4n) is 3.02. The molecule has 0 aliphatic carbocycles. The highest BCUT2D eigenvalue weighted by molar-refractivity contribution is 6.12. The van der Waals surface area contributed by atoms with Crippen molar-refractivity contribution in [2.24, 2.45) is 10.2 Å². The first-order valence-corrected chi connectivity index (χ1v) is 8.05. The van der Waals surface area contributed by atoms with E-state index in [1.807, 2.05) is 42.5 Å². The third-order valence-corrected chi connectivity index (χ3v) is 4.25. The minimum atomic E-state index is 0.728. The molecule has 26 heavy (non-hydrogen) atoms. The standard InChI is InChI=1S/C23H13N3/c1-3-16-7-5-9-19-21(16)15-22-17(4-2)8-6-10-20(22)23(19)26-25-18-11-13-24-14-12-18/h1-2,5-15H/b26-25+. The Balaban J connectivity index is 2.10. The predicted molar refractivity (Wildman–Crippen MR) is 106 cm³/mol. The van der Waals surface area contributed by atoms with Crippen molar-refractivity contribution in [1.29, 1.82) is 0 Å². The van der Waals surface area contributed by atoms with Crippen LogP contribution in [0.2, 0.25) is 0 Å². The van der Waals surface area contributed by atoms with Crippen molar-refractivity contribution >= 4 is 32.9 Å². The molecule has 0 atom stereocenters. The first-order chi connectivity index (χ1) is 12.8. The summed E-state index contributed by atoms with van der Waals surface area (Å²) in [5, 5.41) is 12.7. The van der Waals surface area contributed by atoms with E-state index in [9.17, 15) is 0 Å². The fraction of sp³-hybridized carbons (Fsp3) is 0. The summed E-state index contributed by atoms with van der Waals surface area (Å²) in [6.07, 6.45) is 14.8. The number of azo groups is 1. The van der Waals surface area contributed by atoms with E-state index in [-0.39, 0.29) is 0 Å². The number of hydrogen-bond donors (Lipinski definition) is 0. The zero-order chi connectivity index (χ0) is 17.9. The molecule has 0 amide bonds. The second-order valence-electron chi connectivity index (χ2n) is 5.72. The van der Waals surface area contributed by atoms with Crippen LogP contribution in [-0.4, -0.2) is 4.98 Å². The van der Waals surface area contributed by atoms with Gasteiger partial charge in [-0.2, -0.15) is 5.11 Å². The van der Waals surface area contributed by atoms with Crippen LogP contribution in [0, 0.1) is 24.7 Å². The molecule has 4 aromatic rings. The van der Waals surface area contributed by atoms with Gasteiger partial charge in [-0.05, 0) is 30.3 Å². The van der Waals surface area contributed by atoms with Gasteiger partial charge in [0.05, 0.1) is 5.69 Å². The molecule has 0 spiro atoms. The Morgan fingerprint density at radius 3 is 1.81 bits per heavy atom. The van der Waals surface area contributed by atoms with Gasteiger partial charge in [0.15, 0.2) is 0 Å². The first-order valence-electron chi connectivity index (χ1n) is 8.05. The Morgan fingerprint density at radius 2 is 1.27 bits per heavy atom. The lowest BCUT2D eigenvalue weighted by molar-refractivity contribution is 1.22. The average molecular weight is 331 g/mol. The molecule has 3 heteroatoms. The molecular formula is C23H13N3. The van der Waals surface area contributed by atoms with E-state index in [1.54, 1.807) is 24.5 Å². The van der Waals surface area contributed by atoms with Crippen LogP contribution in [0.15, 0.2) is 77.2 Å². The zero-order valence-electron chi connectivity index (χ0n) is 13.8. The van der Waals surface area contributed by atoms with Crippen LogP contribution in [0.4, 0.5) is 11.4 Å². The van der Waals surface area contributed by atoms with E-state index in [0.717, 1.165) is 44.0 Å². The molecule has 0 fully saturated rings. The Kier molecular flexibility index (Phi) is 3.90. The van der Waals surface area contributed by atoms with E-state index in [4.69, 9.17) is 12.8 Å². The van der Waals surface area contributed by atoms with Gasteiger partial charge in [0.2, 0.25) is 0 Å². The summed E-state index contributed by atoms with van der Waals surface area (Å²) in [6.45, 7) is 0. The van der Waals surface area contributed by atoms with Crippen LogP contribution < -0.4 is 0 Å². The lowest BCUT2D eigenvalue weighted by Gasteiger charge is -2.10. The topological polar surface area (TPSA) is 37.6 Å². The minimum Gasteiger partial charge on any atom is -0.265 e. The Bertz CT molecular complexity index is 1170. The summed E-state index contributed by atoms with van der Waals surface area (Å²) in [7, 11) is 0. The summed E-state index contributed by atoms with van der Waals surface area (Å²) in [5.74, 6) is 5.48. The average Bonchev–Trinajstić information content (AvgIpc) is 2.71. The molecule has 0 aliphatic rings. The van der Waals surface area contributed by atoms with Crippen molar-refractivity contribution in [2.45, 2.75) is 0 Å². The van der Waals surface area contributed by atoms with Gasteiger partial charge in [-0.25, -0.2) is 0 Å². The number of fused-ring (bicyclic) bond motifs is 2. The van der Waals surface area contributed by atoms with Crippen LogP contribution in [0.5, 0.6) is 0 Å². The van der Waals surface area contributed by atoms with Crippen molar-refractivity contribution in [3.05, 3.63) is 78.1 Å². The summed E-state index contributed by atoms with van der Waals surface area (Å²) >= 11 is 0. The third kappa shape index (κ3) is 2.59. The second kappa shape index (κ2) is 6.51. The van der Waals surface area contributed by atoms with Crippen LogP contribution >= 0.6 is 0 Å². The van der Waals surface area contributed by atoms with Crippen LogP contribution in [0.25, 0.3) is 21.5 Å². The first kappa shape index (κ1) is 15.6.